The Balaban J connectivity index is 1.36. The molecule has 0 aliphatic carbocycles. The van der Waals surface area contributed by atoms with Crippen LogP contribution in [0.5, 0.6) is 0 Å². The number of cyclic esters (lactones) is 1. The van der Waals surface area contributed by atoms with Crippen LogP contribution in [0.25, 0.3) is 5.57 Å². The Morgan fingerprint density at radius 1 is 1.31 bits per heavy atom. The first-order valence-corrected chi connectivity index (χ1v) is 11.1. The summed E-state index contributed by atoms with van der Waals surface area (Å²) in [5.41, 5.74) is 2.89. The third-order valence-electron chi connectivity index (χ3n) is 5.19. The molecule has 10 heteroatoms. The summed E-state index contributed by atoms with van der Waals surface area (Å²) >= 11 is 1.33. The first-order valence-electron chi connectivity index (χ1n) is 10.2. The van der Waals surface area contributed by atoms with Crippen molar-refractivity contribution in [2.24, 2.45) is 0 Å². The Bertz CT molecular complexity index is 1010. The predicted octanol–water partition coefficient (Wildman–Crippen LogP) is 1.95. The van der Waals surface area contributed by atoms with Crippen molar-refractivity contribution in [3.63, 3.8) is 0 Å². The van der Waals surface area contributed by atoms with Crippen molar-refractivity contribution in [2.45, 2.75) is 23.6 Å². The molecule has 1 N–H and O–H groups in total. The Morgan fingerprint density at radius 3 is 2.75 bits per heavy atom. The topological polar surface area (TPSA) is 105 Å². The van der Waals surface area contributed by atoms with Crippen LogP contribution < -0.4 is 10.2 Å². The number of amides is 2. The number of carbonyl (C=O) groups excluding carboxylic acids is 3. The molecule has 3 heterocycles. The molecule has 166 valence electrons. The van der Waals surface area contributed by atoms with E-state index in [1.54, 1.807) is 23.4 Å². The molecule has 2 aliphatic rings. The highest BCUT2D eigenvalue weighted by molar-refractivity contribution is 8.00. The maximum absolute atomic E-state index is 12.2. The molecule has 1 aromatic carbocycles. The highest BCUT2D eigenvalue weighted by Crippen LogP contribution is 2.29. The number of nitrogens with zero attached hydrogens (tertiary/aromatic N) is 4. The van der Waals surface area contributed by atoms with Gasteiger partial charge in [0, 0.05) is 38.1 Å². The fraction of sp³-hybridized carbons (Fsp3) is 0.318. The monoisotopic (exact) mass is 453 g/mol. The Labute approximate surface area is 189 Å². The van der Waals surface area contributed by atoms with E-state index in [9.17, 15) is 14.4 Å². The Hall–Kier alpha value is -3.24. The van der Waals surface area contributed by atoms with Crippen LogP contribution in [0.15, 0.2) is 54.0 Å². The minimum absolute atomic E-state index is 0.158. The molecule has 4 rings (SSSR count). The van der Waals surface area contributed by atoms with Gasteiger partial charge in [0.15, 0.2) is 5.16 Å². The molecule has 1 aromatic heterocycles. The number of benzene rings is 1. The molecule has 0 saturated carbocycles. The lowest BCUT2D eigenvalue weighted by Crippen LogP contribution is -2.33. The number of aldehydes is 1. The maximum Gasteiger partial charge on any atom is 0.414 e. The van der Waals surface area contributed by atoms with Gasteiger partial charge in [0.05, 0.1) is 13.1 Å². The van der Waals surface area contributed by atoms with E-state index >= 15 is 0 Å². The van der Waals surface area contributed by atoms with Gasteiger partial charge in [0.25, 0.3) is 0 Å². The number of hydrogen-bond donors (Lipinski definition) is 1. The number of hydrogen-bond acceptors (Lipinski definition) is 8. The Kier molecular flexibility index (Phi) is 6.81. The number of thioether (sulfide) groups is 1. The van der Waals surface area contributed by atoms with Gasteiger partial charge < -0.3 is 14.8 Å². The summed E-state index contributed by atoms with van der Waals surface area (Å²) in [5, 5.41) is 2.87. The zero-order valence-corrected chi connectivity index (χ0v) is 18.3. The smallest absolute Gasteiger partial charge is 0.414 e. The van der Waals surface area contributed by atoms with Crippen LogP contribution in [0.4, 0.5) is 10.5 Å². The standard InChI is InChI=1S/C22H23N5O4S/c1-15(29)25-11-19-13-27(22(30)31-19)18-5-3-16(4-6-18)17-7-10-26(12-17)20(14-28)32-21-23-8-2-9-24-21/h2-9,14,19-20H,10-13H2,1H3,(H,25,29)/t19-,20-/m0/s1. The van der Waals surface area contributed by atoms with Crippen molar-refractivity contribution in [1.29, 1.82) is 0 Å². The lowest BCUT2D eigenvalue weighted by Gasteiger charge is -2.22. The van der Waals surface area contributed by atoms with Gasteiger partial charge in [0.1, 0.15) is 17.8 Å². The molecule has 0 spiro atoms. The average Bonchev–Trinajstić information content (AvgIpc) is 3.44. The molecular weight excluding hydrogens is 430 g/mol. The summed E-state index contributed by atoms with van der Waals surface area (Å²) < 4.78 is 5.32. The predicted molar refractivity (Wildman–Crippen MR) is 120 cm³/mol. The number of rotatable bonds is 8. The van der Waals surface area contributed by atoms with E-state index in [1.165, 1.54) is 18.7 Å². The molecule has 9 nitrogen and oxygen atoms in total. The second-order valence-electron chi connectivity index (χ2n) is 7.44. The second-order valence-corrected chi connectivity index (χ2v) is 8.52. The lowest BCUT2D eigenvalue weighted by molar-refractivity contribution is -0.119. The van der Waals surface area contributed by atoms with Crippen molar-refractivity contribution in [3.05, 3.63) is 54.4 Å². The zero-order valence-electron chi connectivity index (χ0n) is 17.5. The van der Waals surface area contributed by atoms with Crippen LogP contribution in [0.1, 0.15) is 12.5 Å². The molecule has 1 saturated heterocycles. The van der Waals surface area contributed by atoms with Crippen LogP contribution in [0, 0.1) is 0 Å². The summed E-state index contributed by atoms with van der Waals surface area (Å²) in [7, 11) is 0. The SMILES string of the molecule is CC(=O)NC[C@H]1CN(c2ccc(C3=CCN([C@H](C=O)Sc4ncccn4)C3)cc2)C(=O)O1. The van der Waals surface area contributed by atoms with Crippen LogP contribution >= 0.6 is 11.8 Å². The number of anilines is 1. The van der Waals surface area contributed by atoms with Gasteiger partial charge in [-0.1, -0.05) is 30.0 Å². The van der Waals surface area contributed by atoms with Crippen molar-refractivity contribution in [3.8, 4) is 0 Å². The molecule has 0 bridgehead atoms. The summed E-state index contributed by atoms with van der Waals surface area (Å²) in [6, 6.07) is 9.42. The first-order chi connectivity index (χ1) is 15.5. The van der Waals surface area contributed by atoms with E-state index in [1.807, 2.05) is 24.3 Å². The van der Waals surface area contributed by atoms with Gasteiger partial charge in [0.2, 0.25) is 5.91 Å². The molecule has 1 fully saturated rings. The molecule has 0 radical (unpaired) electrons. The van der Waals surface area contributed by atoms with Crippen molar-refractivity contribution >= 4 is 41.3 Å². The average molecular weight is 454 g/mol. The number of ether oxygens (including phenoxy) is 1. The van der Waals surface area contributed by atoms with E-state index < -0.39 is 6.09 Å². The molecule has 32 heavy (non-hydrogen) atoms. The molecule has 0 unspecified atom stereocenters. The number of aromatic nitrogens is 2. The fourth-order valence-corrected chi connectivity index (χ4v) is 4.40. The maximum atomic E-state index is 12.2. The van der Waals surface area contributed by atoms with E-state index in [2.05, 4.69) is 26.3 Å². The summed E-state index contributed by atoms with van der Waals surface area (Å²) in [6.45, 7) is 3.39. The van der Waals surface area contributed by atoms with Crippen LogP contribution in [0.3, 0.4) is 0 Å². The third-order valence-corrected chi connectivity index (χ3v) is 6.27. The van der Waals surface area contributed by atoms with E-state index in [0.717, 1.165) is 23.1 Å². The van der Waals surface area contributed by atoms with E-state index in [-0.39, 0.29) is 17.4 Å². The molecule has 2 atom stereocenters. The van der Waals surface area contributed by atoms with Gasteiger partial charge in [-0.05, 0) is 29.3 Å². The van der Waals surface area contributed by atoms with Crippen molar-refractivity contribution in [2.75, 3.05) is 31.1 Å². The minimum Gasteiger partial charge on any atom is -0.442 e. The van der Waals surface area contributed by atoms with Crippen LogP contribution in [-0.4, -0.2) is 70.8 Å². The molecular formula is C22H23N5O4S. The van der Waals surface area contributed by atoms with Crippen LogP contribution in [0.2, 0.25) is 0 Å². The first kappa shape index (κ1) is 22.0. The van der Waals surface area contributed by atoms with Gasteiger partial charge in [-0.15, -0.1) is 0 Å². The van der Waals surface area contributed by atoms with Gasteiger partial charge >= 0.3 is 6.09 Å². The zero-order chi connectivity index (χ0) is 22.5. The fourth-order valence-electron chi connectivity index (χ4n) is 3.57. The minimum atomic E-state index is -0.423. The van der Waals surface area contributed by atoms with Gasteiger partial charge in [-0.25, -0.2) is 14.8 Å². The third kappa shape index (κ3) is 5.14. The normalized spacial score (nSPS) is 19.4. The summed E-state index contributed by atoms with van der Waals surface area (Å²) in [5.74, 6) is -0.158. The lowest BCUT2D eigenvalue weighted by atomic mass is 10.1. The second kappa shape index (κ2) is 9.92. The largest absolute Gasteiger partial charge is 0.442 e. The molecule has 2 amide bonds. The van der Waals surface area contributed by atoms with Crippen molar-refractivity contribution < 1.29 is 19.1 Å². The quantitative estimate of drug-likeness (QED) is 0.367. The number of nitrogens with one attached hydrogen (secondary N) is 1. The van der Waals surface area contributed by atoms with E-state index in [0.29, 0.717) is 31.3 Å². The summed E-state index contributed by atoms with van der Waals surface area (Å²) in [4.78, 5) is 46.9. The Morgan fingerprint density at radius 2 is 2.06 bits per heavy atom. The highest BCUT2D eigenvalue weighted by Gasteiger charge is 2.32. The molecule has 2 aliphatic heterocycles. The summed E-state index contributed by atoms with van der Waals surface area (Å²) in [6.07, 6.45) is 5.54. The van der Waals surface area contributed by atoms with E-state index in [4.69, 9.17) is 4.74 Å². The van der Waals surface area contributed by atoms with Gasteiger partial charge in [-0.3, -0.25) is 14.6 Å². The van der Waals surface area contributed by atoms with Crippen LogP contribution in [-0.2, 0) is 14.3 Å². The highest BCUT2D eigenvalue weighted by atomic mass is 32.2. The molecule has 2 aromatic rings. The number of carbonyl (C=O) groups is 3. The van der Waals surface area contributed by atoms with Gasteiger partial charge in [-0.2, -0.15) is 0 Å². The van der Waals surface area contributed by atoms with Crippen molar-refractivity contribution in [1.82, 2.24) is 20.2 Å².